The molecule has 1 fully saturated rings. The first-order valence-electron chi connectivity index (χ1n) is 12.2. The quantitative estimate of drug-likeness (QED) is 0.200. The minimum absolute atomic E-state index is 0.137. The second kappa shape index (κ2) is 14.5. The summed E-state index contributed by atoms with van der Waals surface area (Å²) in [7, 11) is 0. The molecule has 6 nitrogen and oxygen atoms in total. The number of furan rings is 1. The minimum atomic E-state index is -0.628. The van der Waals surface area contributed by atoms with Crippen LogP contribution in [-0.2, 0) is 14.2 Å². The first-order chi connectivity index (χ1) is 15.0. The summed E-state index contributed by atoms with van der Waals surface area (Å²) in [6, 6.07) is 3.24. The zero-order valence-corrected chi connectivity index (χ0v) is 19.8. The zero-order valence-electron chi connectivity index (χ0n) is 19.8. The van der Waals surface area contributed by atoms with Gasteiger partial charge in [0.2, 0.25) is 5.76 Å². The van der Waals surface area contributed by atoms with Crippen molar-refractivity contribution in [3.8, 4) is 5.95 Å². The summed E-state index contributed by atoms with van der Waals surface area (Å²) >= 11 is 0. The number of ether oxygens (including phenoxy) is 4. The Labute approximate surface area is 187 Å². The highest BCUT2D eigenvalue weighted by molar-refractivity contribution is 5.86. The number of carbonyl (C=O) groups excluding carboxylic acids is 1. The Hall–Kier alpha value is -1.53. The van der Waals surface area contributed by atoms with Crippen molar-refractivity contribution in [2.45, 2.75) is 110 Å². The van der Waals surface area contributed by atoms with Crippen LogP contribution in [0.3, 0.4) is 0 Å². The van der Waals surface area contributed by atoms with Crippen LogP contribution in [-0.4, -0.2) is 37.7 Å². The van der Waals surface area contributed by atoms with Gasteiger partial charge in [-0.15, -0.1) is 0 Å². The predicted octanol–water partition coefficient (Wildman–Crippen LogP) is 6.67. The lowest BCUT2D eigenvalue weighted by Crippen LogP contribution is -2.25. The maximum Gasteiger partial charge on any atom is 0.374 e. The van der Waals surface area contributed by atoms with Crippen molar-refractivity contribution in [1.82, 2.24) is 0 Å². The van der Waals surface area contributed by atoms with Crippen LogP contribution in [0, 0.1) is 0 Å². The summed E-state index contributed by atoms with van der Waals surface area (Å²) in [5.41, 5.74) is 0. The summed E-state index contributed by atoms with van der Waals surface area (Å²) in [5.74, 6) is -0.649. The second-order valence-corrected chi connectivity index (χ2v) is 8.91. The molecule has 1 saturated heterocycles. The lowest BCUT2D eigenvalue weighted by Gasteiger charge is -2.16. The Morgan fingerprint density at radius 3 is 2.16 bits per heavy atom. The van der Waals surface area contributed by atoms with Gasteiger partial charge in [-0.05, 0) is 26.3 Å². The molecular weight excluding hydrogens is 396 g/mol. The van der Waals surface area contributed by atoms with Gasteiger partial charge in [-0.2, -0.15) is 0 Å². The average Bonchev–Trinajstić information content (AvgIpc) is 3.35. The first kappa shape index (κ1) is 25.7. The topological polar surface area (TPSA) is 67.1 Å². The molecule has 1 aliphatic heterocycles. The summed E-state index contributed by atoms with van der Waals surface area (Å²) in [6.07, 6.45) is 15.4. The van der Waals surface area contributed by atoms with E-state index in [4.69, 9.17) is 23.4 Å². The number of carbonyl (C=O) groups is 1. The van der Waals surface area contributed by atoms with Crippen LogP contribution in [0.25, 0.3) is 0 Å². The Bertz CT molecular complexity index is 609. The summed E-state index contributed by atoms with van der Waals surface area (Å²) in [6.45, 7) is 7.08. The molecule has 0 N–H and O–H groups in total. The third kappa shape index (κ3) is 11.1. The van der Waals surface area contributed by atoms with Crippen molar-refractivity contribution in [2.24, 2.45) is 0 Å². The molecule has 0 amide bonds. The van der Waals surface area contributed by atoms with E-state index in [1.807, 2.05) is 13.8 Å². The van der Waals surface area contributed by atoms with Gasteiger partial charge in [0.1, 0.15) is 12.7 Å². The molecule has 2 heterocycles. The molecule has 1 atom stereocenters. The molecule has 1 unspecified atom stereocenters. The van der Waals surface area contributed by atoms with E-state index in [1.165, 1.54) is 64.2 Å². The van der Waals surface area contributed by atoms with E-state index >= 15 is 0 Å². The summed E-state index contributed by atoms with van der Waals surface area (Å²) < 4.78 is 27.4. The zero-order chi connectivity index (χ0) is 22.4. The monoisotopic (exact) mass is 438 g/mol. The van der Waals surface area contributed by atoms with Crippen molar-refractivity contribution in [2.75, 3.05) is 19.8 Å². The van der Waals surface area contributed by atoms with E-state index in [0.717, 1.165) is 12.8 Å². The smallest absolute Gasteiger partial charge is 0.374 e. The summed E-state index contributed by atoms with van der Waals surface area (Å²) in [4.78, 5) is 12.1. The van der Waals surface area contributed by atoms with E-state index < -0.39 is 11.8 Å². The molecular formula is C25H42O6. The van der Waals surface area contributed by atoms with Crippen LogP contribution < -0.4 is 4.74 Å². The highest BCUT2D eigenvalue weighted by Gasteiger charge is 2.33. The fourth-order valence-corrected chi connectivity index (χ4v) is 3.71. The Kier molecular flexibility index (Phi) is 12.0. The Balaban J connectivity index is 1.45. The Morgan fingerprint density at radius 1 is 0.968 bits per heavy atom. The van der Waals surface area contributed by atoms with Crippen molar-refractivity contribution in [3.63, 3.8) is 0 Å². The highest BCUT2D eigenvalue weighted by Crippen LogP contribution is 2.23. The molecule has 0 radical (unpaired) electrons. The van der Waals surface area contributed by atoms with Crippen LogP contribution in [0.4, 0.5) is 0 Å². The SMILES string of the molecule is CCCCCCCCCCCCCCOc1ccc(C(=O)OCC2COC(C)(C)O2)o1. The van der Waals surface area contributed by atoms with Crippen molar-refractivity contribution < 1.29 is 28.2 Å². The van der Waals surface area contributed by atoms with Crippen LogP contribution >= 0.6 is 0 Å². The van der Waals surface area contributed by atoms with E-state index in [-0.39, 0.29) is 18.5 Å². The lowest BCUT2D eigenvalue weighted by molar-refractivity contribution is -0.142. The predicted molar refractivity (Wildman–Crippen MR) is 120 cm³/mol. The van der Waals surface area contributed by atoms with Gasteiger partial charge in [0.25, 0.3) is 5.95 Å². The molecule has 0 bridgehead atoms. The van der Waals surface area contributed by atoms with Gasteiger partial charge in [0, 0.05) is 6.07 Å². The molecule has 0 saturated carbocycles. The van der Waals surface area contributed by atoms with Crippen molar-refractivity contribution >= 4 is 5.97 Å². The fourth-order valence-electron chi connectivity index (χ4n) is 3.71. The molecule has 1 aliphatic rings. The molecule has 1 aromatic rings. The normalized spacial score (nSPS) is 17.7. The van der Waals surface area contributed by atoms with Crippen molar-refractivity contribution in [1.29, 1.82) is 0 Å². The second-order valence-electron chi connectivity index (χ2n) is 8.91. The standard InChI is InChI=1S/C25H42O6/c1-4-5-6-7-8-9-10-11-12-13-14-15-18-27-23-17-16-22(30-23)24(26)28-19-21-20-29-25(2,3)31-21/h16-17,21H,4-15,18-20H2,1-3H3. The largest absolute Gasteiger partial charge is 0.465 e. The fraction of sp³-hybridized carbons (Fsp3) is 0.800. The first-order valence-corrected chi connectivity index (χ1v) is 12.2. The number of esters is 1. The van der Waals surface area contributed by atoms with Crippen molar-refractivity contribution in [3.05, 3.63) is 17.9 Å². The number of unbranched alkanes of at least 4 members (excludes halogenated alkanes) is 11. The van der Waals surface area contributed by atoms with Gasteiger partial charge in [0.05, 0.1) is 13.2 Å². The third-order valence-corrected chi connectivity index (χ3v) is 5.49. The Morgan fingerprint density at radius 2 is 1.58 bits per heavy atom. The highest BCUT2D eigenvalue weighted by atomic mass is 16.7. The molecule has 0 spiro atoms. The molecule has 1 aromatic heterocycles. The number of hydrogen-bond acceptors (Lipinski definition) is 6. The molecule has 31 heavy (non-hydrogen) atoms. The van der Waals surface area contributed by atoms with E-state index in [9.17, 15) is 4.79 Å². The van der Waals surface area contributed by atoms with E-state index in [1.54, 1.807) is 12.1 Å². The molecule has 2 rings (SSSR count). The maximum absolute atomic E-state index is 12.1. The third-order valence-electron chi connectivity index (χ3n) is 5.49. The van der Waals surface area contributed by atoms with Crippen LogP contribution in [0.1, 0.15) is 108 Å². The van der Waals surface area contributed by atoms with Gasteiger partial charge < -0.3 is 23.4 Å². The molecule has 0 aromatic carbocycles. The van der Waals surface area contributed by atoms with Gasteiger partial charge in [-0.25, -0.2) is 4.79 Å². The van der Waals surface area contributed by atoms with Gasteiger partial charge in [-0.3, -0.25) is 0 Å². The number of hydrogen-bond donors (Lipinski definition) is 0. The van der Waals surface area contributed by atoms with E-state index in [2.05, 4.69) is 6.92 Å². The molecule has 0 aliphatic carbocycles. The average molecular weight is 439 g/mol. The molecule has 6 heteroatoms. The molecule has 178 valence electrons. The van der Waals surface area contributed by atoms with Crippen LogP contribution in [0.5, 0.6) is 5.95 Å². The maximum atomic E-state index is 12.1. The van der Waals surface area contributed by atoms with Gasteiger partial charge in [0.15, 0.2) is 5.79 Å². The van der Waals surface area contributed by atoms with Crippen LogP contribution in [0.15, 0.2) is 16.5 Å². The lowest BCUT2D eigenvalue weighted by atomic mass is 10.1. The van der Waals surface area contributed by atoms with Crippen LogP contribution in [0.2, 0.25) is 0 Å². The minimum Gasteiger partial charge on any atom is -0.465 e. The van der Waals surface area contributed by atoms with Gasteiger partial charge >= 0.3 is 5.97 Å². The van der Waals surface area contributed by atoms with Gasteiger partial charge in [-0.1, -0.05) is 77.6 Å². The summed E-state index contributed by atoms with van der Waals surface area (Å²) in [5, 5.41) is 0. The van der Waals surface area contributed by atoms with E-state index in [0.29, 0.717) is 19.2 Å². The number of rotatable bonds is 17.